The van der Waals surface area contributed by atoms with Crippen molar-refractivity contribution in [3.05, 3.63) is 60.0 Å². The Morgan fingerprint density at radius 1 is 1.10 bits per heavy atom. The Morgan fingerprint density at radius 2 is 1.81 bits per heavy atom. The fraction of sp³-hybridized carbons (Fsp3) is 0.385. The number of sulfone groups is 1. The number of likely N-dealkylation sites (tertiary alicyclic amines) is 1. The molecule has 2 aliphatic rings. The molecule has 1 aromatic carbocycles. The van der Waals surface area contributed by atoms with E-state index in [-0.39, 0.29) is 54.9 Å². The highest BCUT2D eigenvalue weighted by atomic mass is 32.2. The molecule has 2 atom stereocenters. The van der Waals surface area contributed by atoms with Crippen molar-refractivity contribution >= 4 is 21.7 Å². The van der Waals surface area contributed by atoms with Crippen LogP contribution in [0.3, 0.4) is 0 Å². The lowest BCUT2D eigenvalue weighted by Gasteiger charge is -2.34. The zero-order chi connectivity index (χ0) is 30.2. The average molecular weight is 612 g/mol. The second kappa shape index (κ2) is 11.2. The van der Waals surface area contributed by atoms with Crippen LogP contribution in [-0.2, 0) is 21.1 Å². The minimum Gasteiger partial charge on any atom is -0.471 e. The molecule has 2 amide bonds. The van der Waals surface area contributed by atoms with Crippen LogP contribution in [0.25, 0.3) is 11.1 Å². The van der Waals surface area contributed by atoms with Crippen LogP contribution in [0, 0.1) is 0 Å². The number of primary amides is 1. The van der Waals surface area contributed by atoms with Crippen LogP contribution >= 0.6 is 0 Å². The van der Waals surface area contributed by atoms with Crippen LogP contribution in [0.4, 0.5) is 17.6 Å². The summed E-state index contributed by atoms with van der Waals surface area (Å²) in [6.07, 6.45) is -2.99. The van der Waals surface area contributed by atoms with Crippen LogP contribution < -0.4 is 15.2 Å². The van der Waals surface area contributed by atoms with Gasteiger partial charge in [-0.05, 0) is 23.8 Å². The number of rotatable bonds is 8. The third-order valence-electron chi connectivity index (χ3n) is 6.93. The Hall–Kier alpha value is -4.21. The molecule has 11 nitrogen and oxygen atoms in total. The molecule has 2 N–H and O–H groups in total. The predicted octanol–water partition coefficient (Wildman–Crippen LogP) is 2.47. The van der Waals surface area contributed by atoms with Gasteiger partial charge in [0.05, 0.1) is 36.7 Å². The van der Waals surface area contributed by atoms with Gasteiger partial charge in [0.15, 0.2) is 16.0 Å². The Bertz CT molecular complexity index is 1580. The number of amides is 2. The summed E-state index contributed by atoms with van der Waals surface area (Å²) in [5.41, 5.74) is 6.92. The third-order valence-corrected chi connectivity index (χ3v) is 8.71. The Morgan fingerprint density at radius 3 is 2.43 bits per heavy atom. The van der Waals surface area contributed by atoms with Crippen molar-refractivity contribution in [3.8, 4) is 22.8 Å². The number of nitrogens with two attached hydrogens (primary N) is 1. The number of carbonyl (C=O) groups excluding carboxylic acids is 2. The Balaban J connectivity index is 1.19. The molecule has 2 saturated heterocycles. The van der Waals surface area contributed by atoms with Crippen molar-refractivity contribution in [2.45, 2.75) is 37.5 Å². The molecule has 42 heavy (non-hydrogen) atoms. The van der Waals surface area contributed by atoms with E-state index in [0.29, 0.717) is 16.7 Å². The van der Waals surface area contributed by atoms with Gasteiger partial charge >= 0.3 is 6.36 Å². The van der Waals surface area contributed by atoms with Crippen LogP contribution in [0.5, 0.6) is 11.6 Å². The van der Waals surface area contributed by atoms with E-state index in [0.717, 1.165) is 12.1 Å². The quantitative estimate of drug-likeness (QED) is 0.383. The van der Waals surface area contributed by atoms with E-state index in [2.05, 4.69) is 14.8 Å². The lowest BCUT2D eigenvalue weighted by molar-refractivity contribution is -0.274. The van der Waals surface area contributed by atoms with Crippen molar-refractivity contribution in [1.82, 2.24) is 19.7 Å². The third kappa shape index (κ3) is 6.80. The van der Waals surface area contributed by atoms with Gasteiger partial charge in [0, 0.05) is 36.5 Å². The summed E-state index contributed by atoms with van der Waals surface area (Å²) in [5, 5.41) is 4.19. The highest BCUT2D eigenvalue weighted by Gasteiger charge is 2.36. The molecular weight excluding hydrogens is 586 g/mol. The number of aromatic nitrogens is 3. The topological polar surface area (TPSA) is 147 Å². The molecule has 3 aromatic rings. The van der Waals surface area contributed by atoms with Crippen LogP contribution in [-0.4, -0.2) is 83.1 Å². The molecule has 4 heterocycles. The van der Waals surface area contributed by atoms with Gasteiger partial charge in [0.1, 0.15) is 17.4 Å². The van der Waals surface area contributed by atoms with Gasteiger partial charge in [-0.25, -0.2) is 17.8 Å². The number of alkyl halides is 4. The number of piperidine rings is 1. The van der Waals surface area contributed by atoms with E-state index in [9.17, 15) is 31.2 Å². The summed E-state index contributed by atoms with van der Waals surface area (Å²) >= 11 is 0. The molecule has 0 saturated carbocycles. The summed E-state index contributed by atoms with van der Waals surface area (Å²) < 4.78 is 86.1. The second-order valence-corrected chi connectivity index (χ2v) is 12.2. The maximum Gasteiger partial charge on any atom is 0.573 e. The molecule has 2 fully saturated rings. The fourth-order valence-electron chi connectivity index (χ4n) is 4.74. The fourth-order valence-corrected chi connectivity index (χ4v) is 6.12. The van der Waals surface area contributed by atoms with Gasteiger partial charge in [-0.3, -0.25) is 14.3 Å². The summed E-state index contributed by atoms with van der Waals surface area (Å²) in [6, 6.07) is 6.00. The summed E-state index contributed by atoms with van der Waals surface area (Å²) in [6.45, 7) is -0.155. The summed E-state index contributed by atoms with van der Waals surface area (Å²) in [7, 11) is -3.04. The molecule has 2 aromatic heterocycles. The molecule has 0 radical (unpaired) electrons. The van der Waals surface area contributed by atoms with E-state index < -0.39 is 46.0 Å². The van der Waals surface area contributed by atoms with E-state index in [1.54, 1.807) is 6.20 Å². The first-order valence-electron chi connectivity index (χ1n) is 12.7. The largest absolute Gasteiger partial charge is 0.573 e. The predicted molar refractivity (Wildman–Crippen MR) is 139 cm³/mol. The number of hydrogen-bond donors (Lipinski definition) is 1. The number of pyridine rings is 1. The number of ether oxygens (including phenoxy) is 2. The van der Waals surface area contributed by atoms with Gasteiger partial charge in [-0.2, -0.15) is 5.10 Å². The van der Waals surface area contributed by atoms with Crippen LogP contribution in [0.1, 0.15) is 28.4 Å². The van der Waals surface area contributed by atoms with E-state index >= 15 is 4.39 Å². The van der Waals surface area contributed by atoms with Crippen LogP contribution in [0.2, 0.25) is 0 Å². The average Bonchev–Trinajstić information content (AvgIpc) is 3.39. The van der Waals surface area contributed by atoms with Gasteiger partial charge in [-0.1, -0.05) is 12.1 Å². The molecule has 0 bridgehead atoms. The molecular formula is C26H25F4N5O6S. The van der Waals surface area contributed by atoms with Crippen molar-refractivity contribution < 1.29 is 45.0 Å². The van der Waals surface area contributed by atoms with Crippen LogP contribution in [0.15, 0.2) is 48.9 Å². The monoisotopic (exact) mass is 611 g/mol. The van der Waals surface area contributed by atoms with Gasteiger partial charge in [-0.15, -0.1) is 13.2 Å². The number of hydrogen-bond acceptors (Lipinski definition) is 8. The first kappa shape index (κ1) is 29.3. The molecule has 2 aliphatic heterocycles. The van der Waals surface area contributed by atoms with Crippen molar-refractivity contribution in [2.24, 2.45) is 5.73 Å². The minimum absolute atomic E-state index is 0.00557. The second-order valence-electron chi connectivity index (χ2n) is 10.0. The number of nitrogens with zero attached hydrogens (tertiary/aromatic N) is 4. The molecule has 5 rings (SSSR count). The first-order chi connectivity index (χ1) is 19.8. The lowest BCUT2D eigenvalue weighted by Crippen LogP contribution is -2.49. The van der Waals surface area contributed by atoms with E-state index in [4.69, 9.17) is 10.5 Å². The maximum atomic E-state index is 15.1. The molecule has 224 valence electrons. The molecule has 0 unspecified atom stereocenters. The zero-order valence-electron chi connectivity index (χ0n) is 21.8. The minimum atomic E-state index is -4.83. The number of benzene rings is 1. The first-order valence-corrected chi connectivity index (χ1v) is 14.6. The van der Waals surface area contributed by atoms with Gasteiger partial charge < -0.3 is 20.1 Å². The van der Waals surface area contributed by atoms with Crippen molar-refractivity contribution in [1.29, 1.82) is 0 Å². The zero-order valence-corrected chi connectivity index (χ0v) is 22.6. The Labute approximate surface area is 237 Å². The number of carbonyl (C=O) groups is 2. The Kier molecular flexibility index (Phi) is 7.83. The van der Waals surface area contributed by atoms with E-state index in [1.807, 2.05) is 0 Å². The lowest BCUT2D eigenvalue weighted by atomic mass is 10.0. The molecule has 0 spiro atoms. The molecule has 0 aliphatic carbocycles. The smallest absolute Gasteiger partial charge is 0.471 e. The van der Waals surface area contributed by atoms with Gasteiger partial charge in [0.2, 0.25) is 11.8 Å². The highest BCUT2D eigenvalue weighted by molar-refractivity contribution is 7.92. The van der Waals surface area contributed by atoms with Crippen molar-refractivity contribution in [3.63, 3.8) is 0 Å². The van der Waals surface area contributed by atoms with Crippen molar-refractivity contribution in [2.75, 3.05) is 24.6 Å². The highest BCUT2D eigenvalue weighted by Crippen LogP contribution is 2.30. The normalized spacial score (nSPS) is 20.5. The molecule has 16 heteroatoms. The maximum absolute atomic E-state index is 15.1. The SMILES string of the molecule is NC(=O)c1cc(-c2cnn(C3CS(=O)(=O)C3)c2)cnc1O[C@H]1CCN(C(=O)Cc2ccc(OC(F)(F)F)cc2)C[C@H]1F. The van der Waals surface area contributed by atoms with Gasteiger partial charge in [0.25, 0.3) is 5.91 Å². The standard InChI is InChI=1S/C26H25F4N5O6S/c27-21-12-34(23(36)7-15-1-3-19(4-2-15)41-26(28,29)30)6-5-22(21)40-25-20(24(31)37)8-16(9-32-25)17-10-33-35(11-17)18-13-42(38,39)14-18/h1-4,8-11,18,21-22H,5-7,12-14H2,(H2,31,37)/t21-,22+/m1/s1. The summed E-state index contributed by atoms with van der Waals surface area (Å²) in [5.74, 6) is -1.87. The van der Waals surface area contributed by atoms with E-state index in [1.165, 1.54) is 40.2 Å². The number of halogens is 4. The summed E-state index contributed by atoms with van der Waals surface area (Å²) in [4.78, 5) is 30.3.